The summed E-state index contributed by atoms with van der Waals surface area (Å²) in [4.78, 5) is 14.4. The Balaban J connectivity index is 1.22. The number of alkyl halides is 1. The van der Waals surface area contributed by atoms with Crippen molar-refractivity contribution in [2.45, 2.75) is 57.2 Å². The number of carbonyl (C=O) groups is 1. The smallest absolute Gasteiger partial charge is 0.348 e. The van der Waals surface area contributed by atoms with Crippen LogP contribution in [-0.4, -0.2) is 38.0 Å². The standard InChI is InChI=1S/C27H33Cl3O4S/c1-27(14-32-17-33-15-27)16-34-26(31)25-10-8-22(35-25)3-2-4-23-19(7-9-24(23)30)6-5-18-11-20(28)13-21(29)12-18/h8,10-13,19,23-24H,2-7,9,14-17H2,1H3/t19-,23+,24+/m0/s1. The molecule has 1 aliphatic carbocycles. The van der Waals surface area contributed by atoms with Crippen molar-refractivity contribution in [2.24, 2.45) is 17.3 Å². The second kappa shape index (κ2) is 12.6. The molecule has 2 fully saturated rings. The minimum Gasteiger partial charge on any atom is -0.461 e. The lowest BCUT2D eigenvalue weighted by molar-refractivity contribution is -0.170. The van der Waals surface area contributed by atoms with Gasteiger partial charge in [-0.3, -0.25) is 0 Å². The quantitative estimate of drug-likeness (QED) is 0.220. The Morgan fingerprint density at radius 1 is 1.09 bits per heavy atom. The van der Waals surface area contributed by atoms with Crippen LogP contribution in [0.25, 0.3) is 0 Å². The van der Waals surface area contributed by atoms with E-state index in [0.29, 0.717) is 53.4 Å². The lowest BCUT2D eigenvalue weighted by Gasteiger charge is -2.32. The Morgan fingerprint density at radius 3 is 2.57 bits per heavy atom. The first-order valence-corrected chi connectivity index (χ1v) is 14.3. The lowest BCUT2D eigenvalue weighted by atomic mass is 9.86. The van der Waals surface area contributed by atoms with Gasteiger partial charge in [-0.2, -0.15) is 0 Å². The van der Waals surface area contributed by atoms with Gasteiger partial charge in [-0.1, -0.05) is 30.1 Å². The Kier molecular flexibility index (Phi) is 9.81. The summed E-state index contributed by atoms with van der Waals surface area (Å²) in [5.74, 6) is 0.875. The molecule has 1 saturated carbocycles. The maximum Gasteiger partial charge on any atom is 0.348 e. The second-order valence-corrected chi connectivity index (χ2v) is 12.8. The number of ether oxygens (including phenoxy) is 3. The van der Waals surface area contributed by atoms with Crippen molar-refractivity contribution in [3.05, 3.63) is 55.7 Å². The summed E-state index contributed by atoms with van der Waals surface area (Å²) in [5.41, 5.74) is 0.901. The van der Waals surface area contributed by atoms with E-state index in [9.17, 15) is 4.79 Å². The number of benzene rings is 1. The number of aryl methyl sites for hydroxylation is 2. The molecule has 2 aromatic rings. The zero-order chi connectivity index (χ0) is 24.8. The highest BCUT2D eigenvalue weighted by molar-refractivity contribution is 7.13. The van der Waals surface area contributed by atoms with Crippen molar-refractivity contribution in [1.82, 2.24) is 0 Å². The van der Waals surface area contributed by atoms with Crippen LogP contribution in [0.15, 0.2) is 30.3 Å². The van der Waals surface area contributed by atoms with Gasteiger partial charge in [0.1, 0.15) is 18.3 Å². The summed E-state index contributed by atoms with van der Waals surface area (Å²) in [6.07, 6.45) is 7.45. The molecule has 0 N–H and O–H groups in total. The van der Waals surface area contributed by atoms with Gasteiger partial charge in [0, 0.05) is 25.7 Å². The van der Waals surface area contributed by atoms with Gasteiger partial charge in [0.05, 0.1) is 13.2 Å². The maximum atomic E-state index is 12.5. The van der Waals surface area contributed by atoms with E-state index in [-0.39, 0.29) is 16.8 Å². The molecule has 0 radical (unpaired) electrons. The van der Waals surface area contributed by atoms with Crippen LogP contribution in [0.5, 0.6) is 0 Å². The number of hydrogen-bond acceptors (Lipinski definition) is 5. The summed E-state index contributed by atoms with van der Waals surface area (Å²) in [6.45, 7) is 3.67. The molecule has 0 amide bonds. The molecule has 1 aromatic carbocycles. The summed E-state index contributed by atoms with van der Waals surface area (Å²) < 4.78 is 16.2. The Labute approximate surface area is 227 Å². The third kappa shape index (κ3) is 7.83. The van der Waals surface area contributed by atoms with E-state index in [1.807, 2.05) is 31.2 Å². The molecule has 0 spiro atoms. The van der Waals surface area contributed by atoms with E-state index in [4.69, 9.17) is 49.0 Å². The fourth-order valence-corrected chi connectivity index (χ4v) is 7.16. The van der Waals surface area contributed by atoms with E-state index in [0.717, 1.165) is 38.5 Å². The predicted octanol–water partition coefficient (Wildman–Crippen LogP) is 7.81. The molecule has 8 heteroatoms. The average molecular weight is 560 g/mol. The van der Waals surface area contributed by atoms with Gasteiger partial charge in [0.25, 0.3) is 0 Å². The Morgan fingerprint density at radius 2 is 1.83 bits per heavy atom. The molecule has 2 aliphatic rings. The highest BCUT2D eigenvalue weighted by Gasteiger charge is 2.34. The van der Waals surface area contributed by atoms with Crippen LogP contribution >= 0.6 is 46.1 Å². The first-order chi connectivity index (χ1) is 16.8. The molecule has 2 heterocycles. The normalized spacial score (nSPS) is 23.9. The van der Waals surface area contributed by atoms with Gasteiger partial charge < -0.3 is 14.2 Å². The van der Waals surface area contributed by atoms with Crippen molar-refractivity contribution in [3.63, 3.8) is 0 Å². The monoisotopic (exact) mass is 558 g/mol. The third-order valence-electron chi connectivity index (χ3n) is 7.05. The zero-order valence-electron chi connectivity index (χ0n) is 20.1. The Hall–Kier alpha value is -0.820. The van der Waals surface area contributed by atoms with Gasteiger partial charge >= 0.3 is 5.97 Å². The molecular formula is C27H33Cl3O4S. The summed E-state index contributed by atoms with van der Waals surface area (Å²) in [5, 5.41) is 1.62. The van der Waals surface area contributed by atoms with Gasteiger partial charge in [0.15, 0.2) is 0 Å². The van der Waals surface area contributed by atoms with Crippen molar-refractivity contribution in [3.8, 4) is 0 Å². The highest BCUT2D eigenvalue weighted by Crippen LogP contribution is 2.41. The van der Waals surface area contributed by atoms with Crippen LogP contribution in [-0.2, 0) is 27.1 Å². The van der Waals surface area contributed by atoms with Crippen molar-refractivity contribution in [1.29, 1.82) is 0 Å². The van der Waals surface area contributed by atoms with Crippen molar-refractivity contribution in [2.75, 3.05) is 26.6 Å². The number of esters is 1. The number of thiophene rings is 1. The van der Waals surface area contributed by atoms with Crippen LogP contribution in [0.1, 0.15) is 59.1 Å². The fraction of sp³-hybridized carbons (Fsp3) is 0.593. The predicted molar refractivity (Wildman–Crippen MR) is 143 cm³/mol. The first-order valence-electron chi connectivity index (χ1n) is 12.3. The van der Waals surface area contributed by atoms with Crippen LogP contribution in [0.3, 0.4) is 0 Å². The van der Waals surface area contributed by atoms with Crippen LogP contribution in [0.4, 0.5) is 0 Å². The Bertz CT molecular complexity index is 968. The molecule has 4 rings (SSSR count). The fourth-order valence-electron chi connectivity index (χ4n) is 5.18. The minimum absolute atomic E-state index is 0.242. The molecule has 0 bridgehead atoms. The van der Waals surface area contributed by atoms with E-state index >= 15 is 0 Å². The van der Waals surface area contributed by atoms with Gasteiger partial charge in [-0.05, 0) is 92.7 Å². The van der Waals surface area contributed by atoms with Gasteiger partial charge in [-0.15, -0.1) is 22.9 Å². The molecule has 1 saturated heterocycles. The van der Waals surface area contributed by atoms with E-state index in [1.165, 1.54) is 28.2 Å². The molecule has 0 unspecified atom stereocenters. The average Bonchev–Trinajstić information content (AvgIpc) is 3.43. The maximum absolute atomic E-state index is 12.5. The second-order valence-electron chi connectivity index (χ2n) is 10.2. The molecule has 35 heavy (non-hydrogen) atoms. The summed E-state index contributed by atoms with van der Waals surface area (Å²) in [7, 11) is 0. The topological polar surface area (TPSA) is 44.8 Å². The third-order valence-corrected chi connectivity index (χ3v) is 9.16. The number of halogens is 3. The van der Waals surface area contributed by atoms with Crippen LogP contribution in [0.2, 0.25) is 10.0 Å². The highest BCUT2D eigenvalue weighted by atomic mass is 35.5. The van der Waals surface area contributed by atoms with E-state index in [1.54, 1.807) is 6.07 Å². The number of hydrogen-bond donors (Lipinski definition) is 0. The summed E-state index contributed by atoms with van der Waals surface area (Å²) in [6, 6.07) is 9.70. The SMILES string of the molecule is CC1(COC(=O)c2ccc(CCC[C@@H]3[C@@H](CCc4cc(Cl)cc(Cl)c4)CC[C@H]3Cl)s2)COCOC1. The molecule has 1 aromatic heterocycles. The zero-order valence-corrected chi connectivity index (χ0v) is 23.2. The molecule has 1 aliphatic heterocycles. The van der Waals surface area contributed by atoms with E-state index in [2.05, 4.69) is 0 Å². The lowest BCUT2D eigenvalue weighted by Crippen LogP contribution is -2.39. The first kappa shape index (κ1) is 27.2. The number of rotatable bonds is 10. The number of carbonyl (C=O) groups excluding carboxylic acids is 1. The summed E-state index contributed by atoms with van der Waals surface area (Å²) >= 11 is 20.6. The minimum atomic E-state index is -0.289. The van der Waals surface area contributed by atoms with Crippen LogP contribution in [0, 0.1) is 17.3 Å². The van der Waals surface area contributed by atoms with Crippen molar-refractivity contribution >= 4 is 52.1 Å². The van der Waals surface area contributed by atoms with Gasteiger partial charge in [-0.25, -0.2) is 4.79 Å². The molecular weight excluding hydrogens is 527 g/mol. The molecule has 4 nitrogen and oxygen atoms in total. The van der Waals surface area contributed by atoms with Crippen molar-refractivity contribution < 1.29 is 19.0 Å². The van der Waals surface area contributed by atoms with Crippen LogP contribution < -0.4 is 0 Å². The molecule has 3 atom stereocenters. The van der Waals surface area contributed by atoms with Gasteiger partial charge in [0.2, 0.25) is 0 Å². The largest absolute Gasteiger partial charge is 0.461 e. The molecule has 192 valence electrons. The van der Waals surface area contributed by atoms with E-state index < -0.39 is 0 Å².